The van der Waals surface area contributed by atoms with E-state index in [0.717, 1.165) is 5.56 Å². The van der Waals surface area contributed by atoms with Gasteiger partial charge in [-0.2, -0.15) is 0 Å². The van der Waals surface area contributed by atoms with Crippen LogP contribution in [0.3, 0.4) is 0 Å². The van der Waals surface area contributed by atoms with E-state index in [1.165, 1.54) is 30.3 Å². The van der Waals surface area contributed by atoms with E-state index in [1.807, 2.05) is 31.2 Å². The summed E-state index contributed by atoms with van der Waals surface area (Å²) >= 11 is 0. The van der Waals surface area contributed by atoms with Crippen LogP contribution in [0.4, 0.5) is 4.39 Å². The lowest BCUT2D eigenvalue weighted by atomic mass is 10.2. The van der Waals surface area contributed by atoms with Crippen LogP contribution >= 0.6 is 0 Å². The van der Waals surface area contributed by atoms with Gasteiger partial charge in [-0.1, -0.05) is 18.2 Å². The summed E-state index contributed by atoms with van der Waals surface area (Å²) in [6.07, 6.45) is 2.93. The van der Waals surface area contributed by atoms with Crippen LogP contribution in [0.5, 0.6) is 11.5 Å². The standard InChI is InChI=1S/C17H15FO3/c1-2-20-16-6-4-3-5-13(16)7-12-17(19)21-15-10-8-14(18)9-11-15/h3-12H,2H2,1H3/b12-7+. The van der Waals surface area contributed by atoms with Gasteiger partial charge in [-0.3, -0.25) is 0 Å². The Bertz CT molecular complexity index is 633. The molecule has 0 aliphatic carbocycles. The van der Waals surface area contributed by atoms with E-state index >= 15 is 0 Å². The summed E-state index contributed by atoms with van der Waals surface area (Å²) in [7, 11) is 0. The highest BCUT2D eigenvalue weighted by atomic mass is 19.1. The summed E-state index contributed by atoms with van der Waals surface area (Å²) in [5.41, 5.74) is 0.787. The van der Waals surface area contributed by atoms with E-state index in [-0.39, 0.29) is 5.82 Å². The Labute approximate surface area is 122 Å². The molecule has 0 atom stereocenters. The molecule has 21 heavy (non-hydrogen) atoms. The molecule has 2 rings (SSSR count). The molecule has 108 valence electrons. The van der Waals surface area contributed by atoms with Crippen molar-refractivity contribution >= 4 is 12.0 Å². The van der Waals surface area contributed by atoms with Crippen LogP contribution < -0.4 is 9.47 Å². The van der Waals surface area contributed by atoms with E-state index < -0.39 is 5.97 Å². The van der Waals surface area contributed by atoms with Crippen molar-refractivity contribution in [3.05, 3.63) is 66.0 Å². The van der Waals surface area contributed by atoms with Gasteiger partial charge in [0.1, 0.15) is 17.3 Å². The van der Waals surface area contributed by atoms with Crippen LogP contribution in [0, 0.1) is 5.82 Å². The van der Waals surface area contributed by atoms with Gasteiger partial charge in [-0.05, 0) is 43.3 Å². The molecule has 3 nitrogen and oxygen atoms in total. The minimum atomic E-state index is -0.534. The lowest BCUT2D eigenvalue weighted by Gasteiger charge is -2.06. The first-order valence-corrected chi connectivity index (χ1v) is 6.56. The van der Waals surface area contributed by atoms with E-state index in [2.05, 4.69) is 0 Å². The summed E-state index contributed by atoms with van der Waals surface area (Å²) < 4.78 is 23.3. The molecule has 0 aliphatic rings. The summed E-state index contributed by atoms with van der Waals surface area (Å²) in [5, 5.41) is 0. The predicted molar refractivity (Wildman–Crippen MR) is 78.7 cm³/mol. The smallest absolute Gasteiger partial charge is 0.336 e. The fourth-order valence-electron chi connectivity index (χ4n) is 1.72. The van der Waals surface area contributed by atoms with E-state index in [1.54, 1.807) is 6.08 Å². The monoisotopic (exact) mass is 286 g/mol. The molecular weight excluding hydrogens is 271 g/mol. The number of esters is 1. The van der Waals surface area contributed by atoms with E-state index in [4.69, 9.17) is 9.47 Å². The molecule has 2 aromatic carbocycles. The Hall–Kier alpha value is -2.62. The van der Waals surface area contributed by atoms with Crippen molar-refractivity contribution in [1.82, 2.24) is 0 Å². The number of rotatable bonds is 5. The van der Waals surface area contributed by atoms with Gasteiger partial charge in [0.2, 0.25) is 0 Å². The molecule has 0 aromatic heterocycles. The predicted octanol–water partition coefficient (Wildman–Crippen LogP) is 3.84. The molecule has 0 heterocycles. The summed E-state index contributed by atoms with van der Waals surface area (Å²) in [5.74, 6) is 0.0823. The van der Waals surface area contributed by atoms with Gasteiger partial charge in [0, 0.05) is 11.6 Å². The van der Waals surface area contributed by atoms with Crippen molar-refractivity contribution in [3.8, 4) is 11.5 Å². The molecule has 0 aliphatic heterocycles. The van der Waals surface area contributed by atoms with Gasteiger partial charge in [-0.25, -0.2) is 9.18 Å². The average molecular weight is 286 g/mol. The molecule has 0 spiro atoms. The molecule has 0 radical (unpaired) electrons. The van der Waals surface area contributed by atoms with E-state index in [9.17, 15) is 9.18 Å². The summed E-state index contributed by atoms with van der Waals surface area (Å²) in [6.45, 7) is 2.44. The van der Waals surface area contributed by atoms with Gasteiger partial charge < -0.3 is 9.47 Å². The van der Waals surface area contributed by atoms with Gasteiger partial charge in [0.05, 0.1) is 6.61 Å². The Balaban J connectivity index is 2.03. The molecule has 0 amide bonds. The van der Waals surface area contributed by atoms with Crippen LogP contribution in [0.15, 0.2) is 54.6 Å². The number of carbonyl (C=O) groups excluding carboxylic acids is 1. The fraction of sp³-hybridized carbons (Fsp3) is 0.118. The zero-order chi connectivity index (χ0) is 15.1. The second-order valence-electron chi connectivity index (χ2n) is 4.18. The minimum Gasteiger partial charge on any atom is -0.493 e. The Morgan fingerprint density at radius 2 is 1.86 bits per heavy atom. The maximum atomic E-state index is 12.7. The quantitative estimate of drug-likeness (QED) is 0.476. The third-order valence-electron chi connectivity index (χ3n) is 2.65. The van der Waals surface area contributed by atoms with Crippen molar-refractivity contribution < 1.29 is 18.7 Å². The summed E-state index contributed by atoms with van der Waals surface area (Å²) in [6, 6.07) is 12.6. The van der Waals surface area contributed by atoms with Crippen LogP contribution in [-0.4, -0.2) is 12.6 Å². The van der Waals surface area contributed by atoms with Crippen molar-refractivity contribution in [3.63, 3.8) is 0 Å². The Morgan fingerprint density at radius 1 is 1.14 bits per heavy atom. The fourth-order valence-corrected chi connectivity index (χ4v) is 1.72. The Kier molecular flexibility index (Phi) is 5.10. The highest BCUT2D eigenvalue weighted by molar-refractivity contribution is 5.89. The maximum Gasteiger partial charge on any atom is 0.336 e. The van der Waals surface area contributed by atoms with Crippen molar-refractivity contribution in [2.45, 2.75) is 6.92 Å². The first kappa shape index (κ1) is 14.8. The van der Waals surface area contributed by atoms with Gasteiger partial charge in [-0.15, -0.1) is 0 Å². The largest absolute Gasteiger partial charge is 0.493 e. The van der Waals surface area contributed by atoms with Gasteiger partial charge in [0.25, 0.3) is 0 Å². The lowest BCUT2D eigenvalue weighted by molar-refractivity contribution is -0.128. The second-order valence-corrected chi connectivity index (χ2v) is 4.18. The number of hydrogen-bond acceptors (Lipinski definition) is 3. The van der Waals surface area contributed by atoms with Crippen LogP contribution in [0.25, 0.3) is 6.08 Å². The van der Waals surface area contributed by atoms with Gasteiger partial charge in [0.15, 0.2) is 0 Å². The number of halogens is 1. The van der Waals surface area contributed by atoms with Crippen LogP contribution in [0.2, 0.25) is 0 Å². The molecule has 0 fully saturated rings. The van der Waals surface area contributed by atoms with Crippen LogP contribution in [-0.2, 0) is 4.79 Å². The zero-order valence-corrected chi connectivity index (χ0v) is 11.6. The first-order valence-electron chi connectivity index (χ1n) is 6.56. The molecule has 0 saturated heterocycles. The first-order chi connectivity index (χ1) is 10.2. The van der Waals surface area contributed by atoms with E-state index in [0.29, 0.717) is 18.1 Å². The number of benzene rings is 2. The minimum absolute atomic E-state index is 0.296. The molecule has 2 aromatic rings. The molecule has 0 bridgehead atoms. The van der Waals surface area contributed by atoms with Crippen molar-refractivity contribution in [2.24, 2.45) is 0 Å². The van der Waals surface area contributed by atoms with Crippen LogP contribution in [0.1, 0.15) is 12.5 Å². The normalized spacial score (nSPS) is 10.6. The third-order valence-corrected chi connectivity index (χ3v) is 2.65. The highest BCUT2D eigenvalue weighted by Crippen LogP contribution is 2.19. The molecule has 0 saturated carbocycles. The average Bonchev–Trinajstić information content (AvgIpc) is 2.49. The third kappa shape index (κ3) is 4.45. The topological polar surface area (TPSA) is 35.5 Å². The SMILES string of the molecule is CCOc1ccccc1/C=C/C(=O)Oc1ccc(F)cc1. The summed E-state index contributed by atoms with van der Waals surface area (Å²) in [4.78, 5) is 11.7. The second kappa shape index (κ2) is 7.24. The molecule has 0 N–H and O–H groups in total. The van der Waals surface area contributed by atoms with Gasteiger partial charge >= 0.3 is 5.97 Å². The number of para-hydroxylation sites is 1. The molecule has 0 unspecified atom stereocenters. The zero-order valence-electron chi connectivity index (χ0n) is 11.6. The van der Waals surface area contributed by atoms with Crippen molar-refractivity contribution in [2.75, 3.05) is 6.61 Å². The Morgan fingerprint density at radius 3 is 2.57 bits per heavy atom. The number of carbonyl (C=O) groups is 1. The maximum absolute atomic E-state index is 12.7. The lowest BCUT2D eigenvalue weighted by Crippen LogP contribution is -2.03. The van der Waals surface area contributed by atoms with Crippen molar-refractivity contribution in [1.29, 1.82) is 0 Å². The highest BCUT2D eigenvalue weighted by Gasteiger charge is 2.03. The molecule has 4 heteroatoms. The number of ether oxygens (including phenoxy) is 2. The molecular formula is C17H15FO3. The number of hydrogen-bond donors (Lipinski definition) is 0.